The molecule has 0 unspecified atom stereocenters. The van der Waals surface area contributed by atoms with Gasteiger partial charge in [0.2, 0.25) is 5.91 Å². The molecule has 0 atom stereocenters. The zero-order valence-corrected chi connectivity index (χ0v) is 20.7. The van der Waals surface area contributed by atoms with E-state index in [0.29, 0.717) is 49.9 Å². The molecule has 0 bridgehead atoms. The van der Waals surface area contributed by atoms with Crippen LogP contribution in [0.3, 0.4) is 0 Å². The summed E-state index contributed by atoms with van der Waals surface area (Å²) in [4.78, 5) is 32.5. The maximum atomic E-state index is 13.2. The van der Waals surface area contributed by atoms with E-state index in [2.05, 4.69) is 51.7 Å². The highest BCUT2D eigenvalue weighted by Crippen LogP contribution is 2.30. The van der Waals surface area contributed by atoms with Crippen molar-refractivity contribution in [2.24, 2.45) is 0 Å². The molecule has 1 aliphatic rings. The Morgan fingerprint density at radius 3 is 2.53 bits per heavy atom. The number of fused-ring (bicyclic) bond motifs is 1. The van der Waals surface area contributed by atoms with Crippen LogP contribution in [0.2, 0.25) is 0 Å². The summed E-state index contributed by atoms with van der Waals surface area (Å²) in [6.45, 7) is 8.35. The van der Waals surface area contributed by atoms with Gasteiger partial charge in [0.05, 0.1) is 30.8 Å². The van der Waals surface area contributed by atoms with Crippen molar-refractivity contribution in [1.82, 2.24) is 29.4 Å². The molecular weight excluding hydrogens is 458 g/mol. The second-order valence-corrected chi connectivity index (χ2v) is 8.84. The van der Waals surface area contributed by atoms with E-state index in [4.69, 9.17) is 4.74 Å². The molecular formula is C26H29N7O3. The predicted octanol–water partition coefficient (Wildman–Crippen LogP) is 3.04. The molecule has 36 heavy (non-hydrogen) atoms. The summed E-state index contributed by atoms with van der Waals surface area (Å²) in [7, 11) is 0. The number of carbonyl (C=O) groups excluding carboxylic acids is 2. The van der Waals surface area contributed by atoms with Crippen molar-refractivity contribution in [2.45, 2.75) is 33.9 Å². The van der Waals surface area contributed by atoms with Gasteiger partial charge in [-0.25, -0.2) is 9.67 Å². The van der Waals surface area contributed by atoms with E-state index in [0.717, 1.165) is 22.2 Å². The van der Waals surface area contributed by atoms with Gasteiger partial charge in [-0.2, -0.15) is 10.2 Å². The van der Waals surface area contributed by atoms with Gasteiger partial charge in [-0.15, -0.1) is 0 Å². The number of hydrogen-bond donors (Lipinski definition) is 1. The third-order valence-electron chi connectivity index (χ3n) is 6.38. The van der Waals surface area contributed by atoms with Crippen molar-refractivity contribution >= 4 is 28.5 Å². The fraction of sp³-hybridized carbons (Fsp3) is 0.346. The number of carbonyl (C=O) groups is 2. The molecule has 1 aromatic carbocycles. The largest absolute Gasteiger partial charge is 0.378 e. The van der Waals surface area contributed by atoms with Crippen LogP contribution in [-0.4, -0.2) is 67.6 Å². The zero-order valence-electron chi connectivity index (χ0n) is 20.7. The Balaban J connectivity index is 1.40. The molecule has 10 heteroatoms. The topological polar surface area (TPSA) is 107 Å². The summed E-state index contributed by atoms with van der Waals surface area (Å²) in [6.07, 6.45) is 3.26. The molecule has 0 saturated carbocycles. The average Bonchev–Trinajstić information content (AvgIpc) is 3.44. The van der Waals surface area contributed by atoms with Gasteiger partial charge >= 0.3 is 0 Å². The molecule has 2 amide bonds. The number of hydrogen-bond acceptors (Lipinski definition) is 6. The third-order valence-corrected chi connectivity index (χ3v) is 6.38. The van der Waals surface area contributed by atoms with Crippen molar-refractivity contribution in [3.63, 3.8) is 0 Å². The highest BCUT2D eigenvalue weighted by atomic mass is 16.5. The number of rotatable bonds is 6. The highest BCUT2D eigenvalue weighted by Gasteiger charge is 2.26. The first-order valence-corrected chi connectivity index (χ1v) is 12.1. The van der Waals surface area contributed by atoms with Crippen LogP contribution in [0.25, 0.3) is 22.2 Å². The summed E-state index contributed by atoms with van der Waals surface area (Å²) in [5, 5.41) is 12.7. The van der Waals surface area contributed by atoms with Crippen LogP contribution < -0.4 is 5.32 Å². The first kappa shape index (κ1) is 23.7. The van der Waals surface area contributed by atoms with E-state index in [-0.39, 0.29) is 18.4 Å². The van der Waals surface area contributed by atoms with Crippen molar-refractivity contribution in [3.05, 3.63) is 59.7 Å². The Labute approximate surface area is 208 Å². The number of pyridine rings is 1. The summed E-state index contributed by atoms with van der Waals surface area (Å²) >= 11 is 0. The average molecular weight is 488 g/mol. The minimum absolute atomic E-state index is 0.0445. The first-order chi connectivity index (χ1) is 17.5. The van der Waals surface area contributed by atoms with Crippen molar-refractivity contribution in [3.8, 4) is 11.1 Å². The van der Waals surface area contributed by atoms with Gasteiger partial charge in [0.1, 0.15) is 12.2 Å². The molecule has 0 radical (unpaired) electrons. The first-order valence-electron chi connectivity index (χ1n) is 12.1. The lowest BCUT2D eigenvalue weighted by atomic mass is 10.0. The Bertz CT molecular complexity index is 1420. The lowest BCUT2D eigenvalue weighted by Gasteiger charge is -2.27. The second kappa shape index (κ2) is 9.90. The van der Waals surface area contributed by atoms with Gasteiger partial charge in [-0.3, -0.25) is 14.3 Å². The van der Waals surface area contributed by atoms with Gasteiger partial charge in [0.15, 0.2) is 5.65 Å². The molecule has 4 aromatic rings. The fourth-order valence-corrected chi connectivity index (χ4v) is 4.55. The van der Waals surface area contributed by atoms with Crippen LogP contribution >= 0.6 is 0 Å². The highest BCUT2D eigenvalue weighted by molar-refractivity contribution is 6.03. The van der Waals surface area contributed by atoms with Crippen LogP contribution in [0, 0.1) is 13.8 Å². The Hall–Kier alpha value is -4.05. The van der Waals surface area contributed by atoms with Crippen molar-refractivity contribution in [2.75, 3.05) is 31.6 Å². The molecule has 186 valence electrons. The fourth-order valence-electron chi connectivity index (χ4n) is 4.55. The molecule has 1 N–H and O–H groups in total. The van der Waals surface area contributed by atoms with E-state index in [1.165, 1.54) is 11.8 Å². The monoisotopic (exact) mass is 487 g/mol. The van der Waals surface area contributed by atoms with Crippen LogP contribution in [0.5, 0.6) is 0 Å². The van der Waals surface area contributed by atoms with Gasteiger partial charge in [-0.05, 0) is 38.0 Å². The van der Waals surface area contributed by atoms with Crippen LogP contribution in [0.1, 0.15) is 28.7 Å². The van der Waals surface area contributed by atoms with Crippen LogP contribution in [0.15, 0.2) is 42.7 Å². The SMILES string of the molecule is CCn1ncc(NC(=O)Cn2nc(C)c3c(-c4ccc(C)cc4)ccnc32)c1C(=O)N1CCOCC1. The lowest BCUT2D eigenvalue weighted by molar-refractivity contribution is -0.116. The maximum absolute atomic E-state index is 13.2. The van der Waals surface area contributed by atoms with Crippen LogP contribution in [0.4, 0.5) is 5.69 Å². The number of morpholine rings is 1. The Morgan fingerprint density at radius 2 is 1.81 bits per heavy atom. The van der Waals surface area contributed by atoms with Gasteiger partial charge in [0, 0.05) is 31.2 Å². The molecule has 1 aliphatic heterocycles. The number of amides is 2. The smallest absolute Gasteiger partial charge is 0.274 e. The lowest BCUT2D eigenvalue weighted by Crippen LogP contribution is -2.41. The summed E-state index contributed by atoms with van der Waals surface area (Å²) in [5.74, 6) is -0.480. The minimum atomic E-state index is -0.311. The zero-order chi connectivity index (χ0) is 25.2. The number of aromatic nitrogens is 5. The van der Waals surface area contributed by atoms with Crippen LogP contribution in [-0.2, 0) is 22.6 Å². The number of nitrogens with one attached hydrogen (secondary N) is 1. The number of anilines is 1. The van der Waals surface area contributed by atoms with E-state index in [1.807, 2.05) is 19.9 Å². The minimum Gasteiger partial charge on any atom is -0.378 e. The van der Waals surface area contributed by atoms with E-state index in [9.17, 15) is 9.59 Å². The quantitative estimate of drug-likeness (QED) is 0.448. The normalized spacial score (nSPS) is 13.8. The number of benzene rings is 1. The summed E-state index contributed by atoms with van der Waals surface area (Å²) in [5.41, 5.74) is 5.46. The molecule has 10 nitrogen and oxygen atoms in total. The number of aryl methyl sites for hydroxylation is 3. The van der Waals surface area contributed by atoms with Crippen molar-refractivity contribution in [1.29, 1.82) is 0 Å². The van der Waals surface area contributed by atoms with Gasteiger partial charge in [-0.1, -0.05) is 29.8 Å². The van der Waals surface area contributed by atoms with E-state index in [1.54, 1.807) is 20.5 Å². The molecule has 3 aromatic heterocycles. The number of nitrogens with zero attached hydrogens (tertiary/aromatic N) is 6. The van der Waals surface area contributed by atoms with E-state index < -0.39 is 0 Å². The Morgan fingerprint density at radius 1 is 1.06 bits per heavy atom. The van der Waals surface area contributed by atoms with Gasteiger partial charge in [0.25, 0.3) is 5.91 Å². The van der Waals surface area contributed by atoms with Gasteiger partial charge < -0.3 is 15.0 Å². The molecule has 4 heterocycles. The standard InChI is InChI=1S/C26H29N7O3/c1-4-32-24(26(35)31-11-13-36-14-12-31)21(15-28-32)29-22(34)16-33-25-23(18(3)30-33)20(9-10-27-25)19-7-5-17(2)6-8-19/h5-10,15H,4,11-14,16H2,1-3H3,(H,29,34). The third kappa shape index (κ3) is 4.47. The number of ether oxygens (including phenoxy) is 1. The summed E-state index contributed by atoms with van der Waals surface area (Å²) < 4.78 is 8.57. The predicted molar refractivity (Wildman–Crippen MR) is 136 cm³/mol. The summed E-state index contributed by atoms with van der Waals surface area (Å²) in [6, 6.07) is 10.3. The molecule has 5 rings (SSSR count). The second-order valence-electron chi connectivity index (χ2n) is 8.84. The molecule has 0 spiro atoms. The maximum Gasteiger partial charge on any atom is 0.274 e. The molecule has 1 fully saturated rings. The van der Waals surface area contributed by atoms with E-state index >= 15 is 0 Å². The Kier molecular flexibility index (Phi) is 6.51. The molecule has 0 aliphatic carbocycles. The molecule has 1 saturated heterocycles. The van der Waals surface area contributed by atoms with Crippen molar-refractivity contribution < 1.29 is 14.3 Å².